The number of aliphatic hydroxyl groups is 2. The summed E-state index contributed by atoms with van der Waals surface area (Å²) in [5, 5.41) is 30.3. The van der Waals surface area contributed by atoms with E-state index >= 15 is 0 Å². The number of hydrogen-bond acceptors (Lipinski definition) is 4. The normalized spacial score (nSPS) is 24.2. The second-order valence-corrected chi connectivity index (χ2v) is 16.5. The number of rotatable bonds is 14. The van der Waals surface area contributed by atoms with E-state index in [1.165, 1.54) is 5.56 Å². The number of aliphatic hydroxyl groups excluding tert-OH is 2. The summed E-state index contributed by atoms with van der Waals surface area (Å²) in [6.45, 7) is 11.4. The van der Waals surface area contributed by atoms with E-state index in [0.717, 1.165) is 32.1 Å². The van der Waals surface area contributed by atoms with Crippen molar-refractivity contribution < 1.29 is 24.5 Å². The van der Waals surface area contributed by atoms with Crippen LogP contribution in [-0.2, 0) is 15.6 Å². The molecule has 1 fully saturated rings. The third-order valence-electron chi connectivity index (χ3n) is 8.04. The zero-order valence-electron chi connectivity index (χ0n) is 22.5. The van der Waals surface area contributed by atoms with Gasteiger partial charge in [0.05, 0.1) is 12.2 Å². The highest BCUT2D eigenvalue weighted by atomic mass is 28.4. The fourth-order valence-electron chi connectivity index (χ4n) is 4.85. The zero-order chi connectivity index (χ0) is 26.1. The fraction of sp³-hybridized carbons (Fsp3) is 0.690. The predicted molar refractivity (Wildman–Crippen MR) is 145 cm³/mol. The minimum atomic E-state index is -1.94. The van der Waals surface area contributed by atoms with E-state index in [4.69, 9.17) is 9.53 Å². The van der Waals surface area contributed by atoms with Crippen molar-refractivity contribution >= 4 is 14.3 Å². The molecule has 0 bridgehead atoms. The van der Waals surface area contributed by atoms with Crippen molar-refractivity contribution in [1.82, 2.24) is 0 Å². The molecule has 35 heavy (non-hydrogen) atoms. The number of aliphatic carboxylic acids is 1. The molecule has 1 saturated carbocycles. The van der Waals surface area contributed by atoms with E-state index in [9.17, 15) is 15.0 Å². The molecule has 1 aliphatic carbocycles. The Morgan fingerprint density at radius 2 is 1.74 bits per heavy atom. The molecule has 0 spiro atoms. The van der Waals surface area contributed by atoms with E-state index in [0.29, 0.717) is 19.3 Å². The van der Waals surface area contributed by atoms with E-state index < -0.39 is 26.5 Å². The Hall–Kier alpha value is -1.47. The first-order chi connectivity index (χ1) is 16.4. The van der Waals surface area contributed by atoms with Gasteiger partial charge in [-0.2, -0.15) is 0 Å². The molecule has 1 aromatic rings. The molecule has 198 valence electrons. The summed E-state index contributed by atoms with van der Waals surface area (Å²) in [5.74, 6) is -0.686. The summed E-state index contributed by atoms with van der Waals surface area (Å²) in [7, 11) is -1.94. The van der Waals surface area contributed by atoms with Crippen LogP contribution < -0.4 is 0 Å². The van der Waals surface area contributed by atoms with Gasteiger partial charge in [-0.3, -0.25) is 4.79 Å². The largest absolute Gasteiger partial charge is 0.481 e. The molecule has 0 heterocycles. The van der Waals surface area contributed by atoms with Gasteiger partial charge in [-0.15, -0.1) is 0 Å². The number of benzene rings is 1. The van der Waals surface area contributed by atoms with Gasteiger partial charge < -0.3 is 19.7 Å². The molecule has 6 heteroatoms. The van der Waals surface area contributed by atoms with Crippen molar-refractivity contribution in [3.63, 3.8) is 0 Å². The van der Waals surface area contributed by atoms with Gasteiger partial charge in [0.1, 0.15) is 0 Å². The lowest BCUT2D eigenvalue weighted by Gasteiger charge is -2.40. The first-order valence-corrected chi connectivity index (χ1v) is 16.3. The van der Waals surface area contributed by atoms with Crippen molar-refractivity contribution in [2.75, 3.05) is 0 Å². The lowest BCUT2D eigenvalue weighted by Crippen LogP contribution is -2.44. The molecular weight excluding hydrogens is 456 g/mol. The van der Waals surface area contributed by atoms with Gasteiger partial charge in [-0.25, -0.2) is 0 Å². The van der Waals surface area contributed by atoms with E-state index in [1.54, 1.807) is 0 Å². The lowest BCUT2D eigenvalue weighted by molar-refractivity contribution is -0.137. The maximum Gasteiger partial charge on any atom is 0.303 e. The minimum absolute atomic E-state index is 0.0309. The molecule has 0 aromatic heterocycles. The highest BCUT2D eigenvalue weighted by Gasteiger charge is 2.42. The average Bonchev–Trinajstić information content (AvgIpc) is 3.04. The summed E-state index contributed by atoms with van der Waals surface area (Å²) >= 11 is 0. The van der Waals surface area contributed by atoms with Crippen LogP contribution in [-0.4, -0.2) is 47.9 Å². The molecule has 2 rings (SSSR count). The van der Waals surface area contributed by atoms with Gasteiger partial charge >= 0.3 is 5.97 Å². The van der Waals surface area contributed by atoms with Crippen molar-refractivity contribution in [1.29, 1.82) is 0 Å². The highest BCUT2D eigenvalue weighted by molar-refractivity contribution is 6.74. The highest BCUT2D eigenvalue weighted by Crippen LogP contribution is 2.41. The van der Waals surface area contributed by atoms with E-state index in [1.807, 2.05) is 12.1 Å². The Balaban J connectivity index is 2.01. The molecule has 0 aliphatic heterocycles. The molecule has 0 unspecified atom stereocenters. The van der Waals surface area contributed by atoms with Crippen LogP contribution in [0.1, 0.15) is 77.7 Å². The van der Waals surface area contributed by atoms with Crippen LogP contribution in [0.2, 0.25) is 18.1 Å². The maximum absolute atomic E-state index is 10.7. The van der Waals surface area contributed by atoms with Crippen molar-refractivity contribution in [3.05, 3.63) is 48.0 Å². The Morgan fingerprint density at radius 1 is 1.09 bits per heavy atom. The third kappa shape index (κ3) is 9.83. The molecule has 5 nitrogen and oxygen atoms in total. The average molecular weight is 505 g/mol. The quantitative estimate of drug-likeness (QED) is 0.156. The van der Waals surface area contributed by atoms with Gasteiger partial charge in [0.25, 0.3) is 0 Å². The van der Waals surface area contributed by atoms with E-state index in [2.05, 4.69) is 64.2 Å². The standard InChI is InChI=1S/C29H48O5Si/c1-29(2,3)35(4,5)34-23(18-17-22-13-9-8-10-14-22)19-20-25-24(26(30)21-27(25)31)15-11-6-7-12-16-28(32)33/h6,8-11,13-14,23-27,30-31H,7,12,15-21H2,1-5H3,(H,32,33)/b11-6-/t23-,24+,25+,26-,27+/m0/s1. The number of carboxylic acid groups (broad SMARTS) is 1. The second kappa shape index (κ2) is 13.7. The van der Waals surface area contributed by atoms with Crippen molar-refractivity contribution in [3.8, 4) is 0 Å². The molecule has 1 aromatic carbocycles. The number of carboxylic acids is 1. The summed E-state index contributed by atoms with van der Waals surface area (Å²) in [6, 6.07) is 10.5. The number of carbonyl (C=O) groups is 1. The second-order valence-electron chi connectivity index (χ2n) is 11.8. The molecule has 5 atom stereocenters. The molecule has 0 radical (unpaired) electrons. The van der Waals surface area contributed by atoms with E-state index in [-0.39, 0.29) is 29.4 Å². The first-order valence-electron chi connectivity index (χ1n) is 13.4. The van der Waals surface area contributed by atoms with Gasteiger partial charge in [-0.1, -0.05) is 63.3 Å². The summed E-state index contributed by atoms with van der Waals surface area (Å²) in [6.07, 6.45) is 9.53. The van der Waals surface area contributed by atoms with Gasteiger partial charge in [0.15, 0.2) is 8.32 Å². The number of hydrogen-bond donors (Lipinski definition) is 3. The fourth-order valence-corrected chi connectivity index (χ4v) is 6.28. The molecule has 3 N–H and O–H groups in total. The van der Waals surface area contributed by atoms with Gasteiger partial charge in [0.2, 0.25) is 0 Å². The Labute approximate surface area is 213 Å². The van der Waals surface area contributed by atoms with Crippen molar-refractivity contribution in [2.45, 2.75) is 115 Å². The third-order valence-corrected chi connectivity index (χ3v) is 12.6. The van der Waals surface area contributed by atoms with Crippen LogP contribution in [0.15, 0.2) is 42.5 Å². The first kappa shape index (κ1) is 29.8. The topological polar surface area (TPSA) is 87.0 Å². The minimum Gasteiger partial charge on any atom is -0.481 e. The molecule has 0 saturated heterocycles. The lowest BCUT2D eigenvalue weighted by atomic mass is 9.85. The van der Waals surface area contributed by atoms with Crippen LogP contribution >= 0.6 is 0 Å². The Bertz CT molecular complexity index is 786. The number of aryl methyl sites for hydroxylation is 1. The van der Waals surface area contributed by atoms with Crippen LogP contribution in [0.25, 0.3) is 0 Å². The summed E-state index contributed by atoms with van der Waals surface area (Å²) in [5.41, 5.74) is 1.32. The summed E-state index contributed by atoms with van der Waals surface area (Å²) < 4.78 is 6.86. The van der Waals surface area contributed by atoms with Crippen LogP contribution in [0.3, 0.4) is 0 Å². The Kier molecular flexibility index (Phi) is 11.7. The van der Waals surface area contributed by atoms with Gasteiger partial charge in [0, 0.05) is 12.5 Å². The van der Waals surface area contributed by atoms with Crippen LogP contribution in [0, 0.1) is 11.8 Å². The SMILES string of the molecule is CC(C)(C)[Si](C)(C)O[C@@H](CCc1ccccc1)CC[C@@H]1[C@@H](C/C=C\CCCC(=O)O)[C@@H](O)C[C@H]1O. The molecular formula is C29H48O5Si. The molecule has 0 amide bonds. The zero-order valence-corrected chi connectivity index (χ0v) is 23.5. The number of allylic oxidation sites excluding steroid dienone is 2. The smallest absolute Gasteiger partial charge is 0.303 e. The number of unbranched alkanes of at least 4 members (excludes halogenated alkanes) is 1. The summed E-state index contributed by atoms with van der Waals surface area (Å²) in [4.78, 5) is 10.7. The maximum atomic E-state index is 10.7. The van der Waals surface area contributed by atoms with Crippen LogP contribution in [0.4, 0.5) is 0 Å². The van der Waals surface area contributed by atoms with Crippen molar-refractivity contribution in [2.24, 2.45) is 11.8 Å². The van der Waals surface area contributed by atoms with Crippen LogP contribution in [0.5, 0.6) is 0 Å². The van der Waals surface area contributed by atoms with Gasteiger partial charge in [-0.05, 0) is 86.9 Å². The Morgan fingerprint density at radius 3 is 2.37 bits per heavy atom. The monoisotopic (exact) mass is 504 g/mol. The molecule has 1 aliphatic rings. The predicted octanol–water partition coefficient (Wildman–Crippen LogP) is 6.35.